The molecule has 5 nitrogen and oxygen atoms in total. The monoisotopic (exact) mass is 285 g/mol. The first-order chi connectivity index (χ1) is 8.29. The Morgan fingerprint density at radius 2 is 2.11 bits per heavy atom. The van der Waals surface area contributed by atoms with Crippen LogP contribution in [0, 0.1) is 0 Å². The topological polar surface area (TPSA) is 74.8 Å². The van der Waals surface area contributed by atoms with Crippen LogP contribution in [-0.4, -0.2) is 18.6 Å². The standard InChI is InChI=1S/C11H15N3O2S2/c1-11(2,3)8-7-9(13-12-8)14-18(15,16)10-5-4-6-17-10/h4-7H,1-3H3,(H2,12,13,14). The fraction of sp³-hybridized carbons (Fsp3) is 0.364. The van der Waals surface area contributed by atoms with Crippen LogP contribution in [0.4, 0.5) is 5.82 Å². The highest BCUT2D eigenvalue weighted by atomic mass is 32.2. The van der Waals surface area contributed by atoms with Crippen LogP contribution in [0.3, 0.4) is 0 Å². The SMILES string of the molecule is CC(C)(C)c1cc(NS(=O)(=O)c2cccs2)n[nH]1. The lowest BCUT2D eigenvalue weighted by atomic mass is 9.92. The van der Waals surface area contributed by atoms with Crippen LogP contribution in [-0.2, 0) is 15.4 Å². The van der Waals surface area contributed by atoms with Crippen molar-refractivity contribution in [1.29, 1.82) is 0 Å². The van der Waals surface area contributed by atoms with Gasteiger partial charge >= 0.3 is 0 Å². The number of sulfonamides is 1. The van der Waals surface area contributed by atoms with Gasteiger partial charge in [-0.05, 0) is 11.4 Å². The summed E-state index contributed by atoms with van der Waals surface area (Å²) in [6.45, 7) is 6.08. The number of aromatic nitrogens is 2. The first-order valence-electron chi connectivity index (χ1n) is 5.41. The molecule has 0 fully saturated rings. The Balaban J connectivity index is 2.23. The number of rotatable bonds is 3. The van der Waals surface area contributed by atoms with Crippen molar-refractivity contribution in [2.24, 2.45) is 0 Å². The zero-order valence-electron chi connectivity index (χ0n) is 10.4. The van der Waals surface area contributed by atoms with Gasteiger partial charge in [-0.1, -0.05) is 26.8 Å². The molecule has 0 atom stereocenters. The molecule has 0 saturated carbocycles. The molecule has 2 aromatic heterocycles. The van der Waals surface area contributed by atoms with Crippen molar-refractivity contribution in [2.45, 2.75) is 30.4 Å². The molecule has 2 heterocycles. The van der Waals surface area contributed by atoms with Crippen molar-refractivity contribution >= 4 is 27.2 Å². The molecule has 0 aliphatic carbocycles. The lowest BCUT2D eigenvalue weighted by Crippen LogP contribution is -2.12. The molecule has 2 N–H and O–H groups in total. The van der Waals surface area contributed by atoms with E-state index < -0.39 is 10.0 Å². The van der Waals surface area contributed by atoms with Gasteiger partial charge in [0.05, 0.1) is 0 Å². The maximum absolute atomic E-state index is 12.0. The Labute approximate surface area is 110 Å². The summed E-state index contributed by atoms with van der Waals surface area (Å²) in [7, 11) is -3.52. The maximum atomic E-state index is 12.0. The molecule has 2 rings (SSSR count). The minimum atomic E-state index is -3.52. The second-order valence-corrected chi connectivity index (χ2v) is 7.81. The average molecular weight is 285 g/mol. The Morgan fingerprint density at radius 1 is 1.39 bits per heavy atom. The molecule has 0 bridgehead atoms. The van der Waals surface area contributed by atoms with E-state index in [1.54, 1.807) is 23.6 Å². The highest BCUT2D eigenvalue weighted by Crippen LogP contribution is 2.24. The molecule has 0 aliphatic heterocycles. The minimum Gasteiger partial charge on any atom is -0.280 e. The lowest BCUT2D eigenvalue weighted by molar-refractivity contribution is 0.567. The van der Waals surface area contributed by atoms with Crippen LogP contribution in [0.5, 0.6) is 0 Å². The molecule has 0 spiro atoms. The van der Waals surface area contributed by atoms with E-state index in [1.807, 2.05) is 20.8 Å². The van der Waals surface area contributed by atoms with E-state index in [0.717, 1.165) is 5.69 Å². The predicted octanol–water partition coefficient (Wildman–Crippen LogP) is 2.57. The number of hydrogen-bond donors (Lipinski definition) is 2. The lowest BCUT2D eigenvalue weighted by Gasteiger charge is -2.14. The third-order valence-electron chi connectivity index (χ3n) is 2.38. The molecule has 0 aliphatic rings. The first-order valence-corrected chi connectivity index (χ1v) is 7.77. The molecule has 18 heavy (non-hydrogen) atoms. The van der Waals surface area contributed by atoms with Crippen LogP contribution in [0.25, 0.3) is 0 Å². The number of nitrogens with zero attached hydrogens (tertiary/aromatic N) is 1. The van der Waals surface area contributed by atoms with Gasteiger partial charge in [0.2, 0.25) is 0 Å². The van der Waals surface area contributed by atoms with Gasteiger partial charge < -0.3 is 0 Å². The summed E-state index contributed by atoms with van der Waals surface area (Å²) >= 11 is 1.17. The van der Waals surface area contributed by atoms with Gasteiger partial charge in [-0.25, -0.2) is 8.42 Å². The van der Waals surface area contributed by atoms with Crippen molar-refractivity contribution in [2.75, 3.05) is 4.72 Å². The molecule has 0 saturated heterocycles. The van der Waals surface area contributed by atoms with Gasteiger partial charge in [-0.15, -0.1) is 11.3 Å². The average Bonchev–Trinajstić information content (AvgIpc) is 2.83. The predicted molar refractivity (Wildman–Crippen MR) is 72.4 cm³/mol. The summed E-state index contributed by atoms with van der Waals surface area (Å²) in [4.78, 5) is 0. The fourth-order valence-electron chi connectivity index (χ4n) is 1.36. The second-order valence-electron chi connectivity index (χ2n) is 4.95. The van der Waals surface area contributed by atoms with Crippen LogP contribution < -0.4 is 4.72 Å². The van der Waals surface area contributed by atoms with Crippen LogP contribution >= 0.6 is 11.3 Å². The molecule has 0 amide bonds. The number of nitrogens with one attached hydrogen (secondary N) is 2. The maximum Gasteiger partial charge on any atom is 0.272 e. The second kappa shape index (κ2) is 4.40. The summed E-state index contributed by atoms with van der Waals surface area (Å²) in [5.74, 6) is 0.313. The Hall–Kier alpha value is -1.34. The molecular formula is C11H15N3O2S2. The zero-order chi connectivity index (χ0) is 13.4. The highest BCUT2D eigenvalue weighted by Gasteiger charge is 2.20. The van der Waals surface area contributed by atoms with Crippen LogP contribution in [0.2, 0.25) is 0 Å². The van der Waals surface area contributed by atoms with E-state index >= 15 is 0 Å². The fourth-order valence-corrected chi connectivity index (χ4v) is 3.35. The van der Waals surface area contributed by atoms with E-state index in [4.69, 9.17) is 0 Å². The summed E-state index contributed by atoms with van der Waals surface area (Å²) in [5.41, 5.74) is 0.783. The highest BCUT2D eigenvalue weighted by molar-refractivity contribution is 7.94. The van der Waals surface area contributed by atoms with Gasteiger partial charge in [0.1, 0.15) is 4.21 Å². The van der Waals surface area contributed by atoms with E-state index in [2.05, 4.69) is 14.9 Å². The minimum absolute atomic E-state index is 0.0976. The number of aromatic amines is 1. The van der Waals surface area contributed by atoms with Gasteiger partial charge in [-0.2, -0.15) is 5.10 Å². The number of thiophene rings is 1. The Kier molecular flexibility index (Phi) is 3.20. The molecule has 0 radical (unpaired) electrons. The Bertz CT molecular complexity index is 622. The van der Waals surface area contributed by atoms with Crippen molar-refractivity contribution in [3.05, 3.63) is 29.3 Å². The third kappa shape index (κ3) is 2.73. The summed E-state index contributed by atoms with van der Waals surface area (Å²) < 4.78 is 26.7. The first kappa shape index (κ1) is 13.1. The van der Waals surface area contributed by atoms with E-state index in [9.17, 15) is 8.42 Å². The smallest absolute Gasteiger partial charge is 0.272 e. The van der Waals surface area contributed by atoms with Gasteiger partial charge in [0.15, 0.2) is 5.82 Å². The van der Waals surface area contributed by atoms with Gasteiger partial charge in [0.25, 0.3) is 10.0 Å². The summed E-state index contributed by atoms with van der Waals surface area (Å²) in [6.07, 6.45) is 0. The molecule has 0 unspecified atom stereocenters. The molecule has 98 valence electrons. The molecule has 2 aromatic rings. The van der Waals surface area contributed by atoms with Gasteiger partial charge in [0, 0.05) is 17.2 Å². The zero-order valence-corrected chi connectivity index (χ0v) is 12.0. The quantitative estimate of drug-likeness (QED) is 0.910. The normalized spacial score (nSPS) is 12.6. The van der Waals surface area contributed by atoms with Crippen LogP contribution in [0.15, 0.2) is 27.8 Å². The molecular weight excluding hydrogens is 270 g/mol. The van der Waals surface area contributed by atoms with E-state index in [-0.39, 0.29) is 9.62 Å². The third-order valence-corrected chi connectivity index (χ3v) is 5.14. The van der Waals surface area contributed by atoms with Crippen molar-refractivity contribution in [3.8, 4) is 0 Å². The summed E-state index contributed by atoms with van der Waals surface area (Å²) in [6, 6.07) is 4.97. The largest absolute Gasteiger partial charge is 0.280 e. The number of H-pyrrole nitrogens is 1. The van der Waals surface area contributed by atoms with Gasteiger partial charge in [-0.3, -0.25) is 9.82 Å². The molecule has 7 heteroatoms. The number of anilines is 1. The van der Waals surface area contributed by atoms with Crippen LogP contribution in [0.1, 0.15) is 26.5 Å². The summed E-state index contributed by atoms with van der Waals surface area (Å²) in [5, 5.41) is 8.53. The van der Waals surface area contributed by atoms with Crippen molar-refractivity contribution in [3.63, 3.8) is 0 Å². The Morgan fingerprint density at radius 3 is 2.61 bits per heavy atom. The van der Waals surface area contributed by atoms with Crippen molar-refractivity contribution < 1.29 is 8.42 Å². The van der Waals surface area contributed by atoms with E-state index in [1.165, 1.54) is 11.3 Å². The van der Waals surface area contributed by atoms with E-state index in [0.29, 0.717) is 5.82 Å². The van der Waals surface area contributed by atoms with Crippen molar-refractivity contribution in [1.82, 2.24) is 10.2 Å². The number of hydrogen-bond acceptors (Lipinski definition) is 4. The molecule has 0 aromatic carbocycles.